The summed E-state index contributed by atoms with van der Waals surface area (Å²) in [4.78, 5) is 21.7. The normalized spacial score (nSPS) is 16.3. The van der Waals surface area contributed by atoms with E-state index in [2.05, 4.69) is 39.6 Å². The first-order chi connectivity index (χ1) is 15.6. The van der Waals surface area contributed by atoms with Crippen molar-refractivity contribution in [1.29, 1.82) is 0 Å². The number of hydrogen-bond acceptors (Lipinski definition) is 8. The fraction of sp³-hybridized carbons (Fsp3) is 0.348. The third-order valence-corrected chi connectivity index (χ3v) is 7.77. The SMILES string of the molecule is CCc1nn2c(=O)cc(CN3CCc4cc(OC)c(OC)cc4C3c3cccs3)nc2s1. The van der Waals surface area contributed by atoms with Gasteiger partial charge in [0.2, 0.25) is 4.96 Å². The highest BCUT2D eigenvalue weighted by atomic mass is 32.1. The molecule has 7 nitrogen and oxygen atoms in total. The minimum atomic E-state index is -0.127. The topological polar surface area (TPSA) is 69.0 Å². The molecule has 0 fully saturated rings. The number of benzene rings is 1. The van der Waals surface area contributed by atoms with Gasteiger partial charge in [0.05, 0.1) is 26.0 Å². The number of thiophene rings is 1. The zero-order valence-corrected chi connectivity index (χ0v) is 19.8. The summed E-state index contributed by atoms with van der Waals surface area (Å²) in [6.07, 6.45) is 1.68. The lowest BCUT2D eigenvalue weighted by Crippen LogP contribution is -2.36. The first-order valence-corrected chi connectivity index (χ1v) is 12.2. The Kier molecular flexibility index (Phi) is 5.71. The molecule has 1 atom stereocenters. The molecule has 166 valence electrons. The highest BCUT2D eigenvalue weighted by molar-refractivity contribution is 7.16. The third-order valence-electron chi connectivity index (χ3n) is 5.79. The molecule has 1 aromatic carbocycles. The number of methoxy groups -OCH3 is 2. The predicted octanol–water partition coefficient (Wildman–Crippen LogP) is 3.94. The molecule has 9 heteroatoms. The van der Waals surface area contributed by atoms with Crippen LogP contribution in [0.5, 0.6) is 11.5 Å². The Balaban J connectivity index is 1.56. The number of fused-ring (bicyclic) bond motifs is 2. The van der Waals surface area contributed by atoms with E-state index in [1.807, 2.05) is 6.92 Å². The van der Waals surface area contributed by atoms with Crippen molar-refractivity contribution in [3.63, 3.8) is 0 Å². The number of ether oxygens (including phenoxy) is 2. The van der Waals surface area contributed by atoms with Gasteiger partial charge in [0, 0.05) is 24.0 Å². The van der Waals surface area contributed by atoms with Crippen molar-refractivity contribution >= 4 is 27.6 Å². The zero-order chi connectivity index (χ0) is 22.2. The molecule has 32 heavy (non-hydrogen) atoms. The first-order valence-electron chi connectivity index (χ1n) is 10.5. The molecule has 4 heterocycles. The fourth-order valence-electron chi connectivity index (χ4n) is 4.28. The molecule has 1 aliphatic heterocycles. The Morgan fingerprint density at radius 3 is 2.72 bits per heavy atom. The van der Waals surface area contributed by atoms with Crippen LogP contribution in [0.2, 0.25) is 0 Å². The van der Waals surface area contributed by atoms with Crippen LogP contribution in [0.3, 0.4) is 0 Å². The number of hydrogen-bond donors (Lipinski definition) is 0. The highest BCUT2D eigenvalue weighted by Crippen LogP contribution is 2.42. The van der Waals surface area contributed by atoms with Gasteiger partial charge in [0.1, 0.15) is 5.01 Å². The lowest BCUT2D eigenvalue weighted by molar-refractivity contribution is 0.203. The summed E-state index contributed by atoms with van der Waals surface area (Å²) in [5, 5.41) is 7.38. The molecule has 0 N–H and O–H groups in total. The van der Waals surface area contributed by atoms with Crippen LogP contribution < -0.4 is 15.0 Å². The van der Waals surface area contributed by atoms with Crippen LogP contribution in [-0.4, -0.2) is 40.3 Å². The van der Waals surface area contributed by atoms with Crippen LogP contribution in [0.25, 0.3) is 4.96 Å². The first kappa shape index (κ1) is 21.1. The van der Waals surface area contributed by atoms with Gasteiger partial charge >= 0.3 is 0 Å². The lowest BCUT2D eigenvalue weighted by Gasteiger charge is -2.37. The Labute approximate surface area is 193 Å². The molecule has 0 saturated heterocycles. The van der Waals surface area contributed by atoms with E-state index in [1.165, 1.54) is 31.9 Å². The van der Waals surface area contributed by atoms with Gasteiger partial charge in [-0.25, -0.2) is 4.98 Å². The summed E-state index contributed by atoms with van der Waals surface area (Å²) in [5.41, 5.74) is 3.11. The number of rotatable bonds is 6. The Hall–Kier alpha value is -2.75. The van der Waals surface area contributed by atoms with E-state index >= 15 is 0 Å². The summed E-state index contributed by atoms with van der Waals surface area (Å²) in [5.74, 6) is 1.48. The zero-order valence-electron chi connectivity index (χ0n) is 18.2. The van der Waals surface area contributed by atoms with E-state index in [-0.39, 0.29) is 11.6 Å². The lowest BCUT2D eigenvalue weighted by atomic mass is 9.90. The van der Waals surface area contributed by atoms with Crippen LogP contribution in [0.1, 0.15) is 39.7 Å². The van der Waals surface area contributed by atoms with Gasteiger partial charge in [-0.3, -0.25) is 9.69 Å². The van der Waals surface area contributed by atoms with Gasteiger partial charge in [-0.05, 0) is 47.5 Å². The van der Waals surface area contributed by atoms with Gasteiger partial charge < -0.3 is 9.47 Å². The summed E-state index contributed by atoms with van der Waals surface area (Å²) >= 11 is 3.21. The maximum atomic E-state index is 12.7. The molecular weight excluding hydrogens is 444 g/mol. The maximum Gasteiger partial charge on any atom is 0.275 e. The molecule has 0 saturated carbocycles. The van der Waals surface area contributed by atoms with Gasteiger partial charge in [0.15, 0.2) is 11.5 Å². The summed E-state index contributed by atoms with van der Waals surface area (Å²) in [6.45, 7) is 3.47. The van der Waals surface area contributed by atoms with Crippen molar-refractivity contribution in [3.05, 3.63) is 72.8 Å². The van der Waals surface area contributed by atoms with Gasteiger partial charge in [-0.15, -0.1) is 11.3 Å². The van der Waals surface area contributed by atoms with E-state index in [0.717, 1.165) is 41.6 Å². The molecule has 0 spiro atoms. The molecule has 1 unspecified atom stereocenters. The monoisotopic (exact) mass is 468 g/mol. The second-order valence-electron chi connectivity index (χ2n) is 7.67. The van der Waals surface area contributed by atoms with E-state index in [4.69, 9.17) is 14.5 Å². The standard InChI is InChI=1S/C23H24N4O3S2/c1-4-20-25-27-21(28)11-15(24-23(27)32-20)13-26-8-7-14-10-17(29-2)18(30-3)12-16(14)22(26)19-6-5-9-31-19/h5-6,9-12,22H,4,7-8,13H2,1-3H3. The molecule has 4 aromatic rings. The predicted molar refractivity (Wildman–Crippen MR) is 126 cm³/mol. The summed E-state index contributed by atoms with van der Waals surface area (Å²) in [7, 11) is 3.33. The Bertz CT molecular complexity index is 1310. The molecule has 0 amide bonds. The molecule has 0 radical (unpaired) electrons. The summed E-state index contributed by atoms with van der Waals surface area (Å²) < 4.78 is 12.5. The largest absolute Gasteiger partial charge is 0.493 e. The third kappa shape index (κ3) is 3.70. The minimum Gasteiger partial charge on any atom is -0.493 e. The average Bonchev–Trinajstić information content (AvgIpc) is 3.48. The fourth-order valence-corrected chi connectivity index (χ4v) is 6.01. The minimum absolute atomic E-state index is 0.0615. The van der Waals surface area contributed by atoms with Crippen LogP contribution >= 0.6 is 22.7 Å². The smallest absolute Gasteiger partial charge is 0.275 e. The van der Waals surface area contributed by atoms with E-state index in [1.54, 1.807) is 31.6 Å². The van der Waals surface area contributed by atoms with Crippen molar-refractivity contribution in [2.45, 2.75) is 32.4 Å². The van der Waals surface area contributed by atoms with Crippen molar-refractivity contribution in [2.24, 2.45) is 0 Å². The van der Waals surface area contributed by atoms with Crippen molar-refractivity contribution in [1.82, 2.24) is 19.5 Å². The number of aryl methyl sites for hydroxylation is 1. The Morgan fingerprint density at radius 1 is 1.19 bits per heavy atom. The van der Waals surface area contributed by atoms with Gasteiger partial charge in [-0.2, -0.15) is 9.61 Å². The molecule has 5 rings (SSSR count). The van der Waals surface area contributed by atoms with Crippen LogP contribution in [0, 0.1) is 0 Å². The molecule has 0 bridgehead atoms. The quantitative estimate of drug-likeness (QED) is 0.427. The highest BCUT2D eigenvalue weighted by Gasteiger charge is 2.31. The van der Waals surface area contributed by atoms with Crippen LogP contribution in [0.15, 0.2) is 40.5 Å². The maximum absolute atomic E-state index is 12.7. The van der Waals surface area contributed by atoms with Crippen molar-refractivity contribution in [2.75, 3.05) is 20.8 Å². The summed E-state index contributed by atoms with van der Waals surface area (Å²) in [6, 6.07) is 10.1. The molecular formula is C23H24N4O3S2. The molecule has 3 aromatic heterocycles. The second kappa shape index (κ2) is 8.65. The van der Waals surface area contributed by atoms with E-state index in [9.17, 15) is 4.79 Å². The second-order valence-corrected chi connectivity index (χ2v) is 9.69. The molecule has 1 aliphatic rings. The Morgan fingerprint density at radius 2 is 2.00 bits per heavy atom. The van der Waals surface area contributed by atoms with E-state index in [0.29, 0.717) is 11.5 Å². The van der Waals surface area contributed by atoms with Crippen LogP contribution in [-0.2, 0) is 19.4 Å². The average molecular weight is 469 g/mol. The van der Waals surface area contributed by atoms with Crippen molar-refractivity contribution in [3.8, 4) is 11.5 Å². The van der Waals surface area contributed by atoms with Gasteiger partial charge in [0.25, 0.3) is 5.56 Å². The van der Waals surface area contributed by atoms with E-state index < -0.39 is 0 Å². The van der Waals surface area contributed by atoms with Crippen LogP contribution in [0.4, 0.5) is 0 Å². The number of nitrogens with zero attached hydrogens (tertiary/aromatic N) is 4. The number of aromatic nitrogens is 3. The van der Waals surface area contributed by atoms with Crippen molar-refractivity contribution < 1.29 is 9.47 Å². The van der Waals surface area contributed by atoms with Gasteiger partial charge in [-0.1, -0.05) is 24.3 Å². The molecule has 0 aliphatic carbocycles.